The molecule has 1 atom stereocenters. The SMILES string of the molecule is CCCN(CC(=O)N(C)Cc1cccs1)CC1CCCN1. The molecule has 0 bridgehead atoms. The molecule has 0 aromatic carbocycles. The van der Waals surface area contributed by atoms with Gasteiger partial charge in [-0.05, 0) is 43.8 Å². The lowest BCUT2D eigenvalue weighted by Crippen LogP contribution is -2.43. The number of hydrogen-bond acceptors (Lipinski definition) is 4. The summed E-state index contributed by atoms with van der Waals surface area (Å²) in [6.07, 6.45) is 3.59. The summed E-state index contributed by atoms with van der Waals surface area (Å²) in [5.74, 6) is 0.217. The summed E-state index contributed by atoms with van der Waals surface area (Å²) in [6.45, 7) is 6.54. The van der Waals surface area contributed by atoms with E-state index in [1.165, 1.54) is 17.7 Å². The Morgan fingerprint density at radius 2 is 2.38 bits per heavy atom. The average Bonchev–Trinajstić information content (AvgIpc) is 3.12. The number of nitrogens with one attached hydrogen (secondary N) is 1. The van der Waals surface area contributed by atoms with Gasteiger partial charge in [-0.15, -0.1) is 11.3 Å². The van der Waals surface area contributed by atoms with Crippen LogP contribution < -0.4 is 5.32 Å². The van der Waals surface area contributed by atoms with Crippen molar-refractivity contribution in [3.63, 3.8) is 0 Å². The van der Waals surface area contributed by atoms with Gasteiger partial charge in [-0.1, -0.05) is 13.0 Å². The van der Waals surface area contributed by atoms with E-state index in [9.17, 15) is 4.79 Å². The van der Waals surface area contributed by atoms with Crippen LogP contribution in [0.4, 0.5) is 0 Å². The Balaban J connectivity index is 1.81. The highest BCUT2D eigenvalue weighted by atomic mass is 32.1. The first-order chi connectivity index (χ1) is 10.2. The Hall–Kier alpha value is -0.910. The van der Waals surface area contributed by atoms with Crippen molar-refractivity contribution in [2.24, 2.45) is 0 Å². The molecular weight excluding hydrogens is 282 g/mol. The summed E-state index contributed by atoms with van der Waals surface area (Å²) in [7, 11) is 1.90. The molecule has 1 aliphatic heterocycles. The fourth-order valence-corrected chi connectivity index (χ4v) is 3.57. The lowest BCUT2D eigenvalue weighted by molar-refractivity contribution is -0.131. The highest BCUT2D eigenvalue weighted by Crippen LogP contribution is 2.12. The van der Waals surface area contributed by atoms with E-state index in [4.69, 9.17) is 0 Å². The van der Waals surface area contributed by atoms with Gasteiger partial charge in [0.15, 0.2) is 0 Å². The summed E-state index contributed by atoms with van der Waals surface area (Å²) in [4.78, 5) is 17.8. The average molecular weight is 309 g/mol. The summed E-state index contributed by atoms with van der Waals surface area (Å²) in [5.41, 5.74) is 0. The van der Waals surface area contributed by atoms with Crippen LogP contribution in [0.2, 0.25) is 0 Å². The van der Waals surface area contributed by atoms with Gasteiger partial charge in [0, 0.05) is 24.5 Å². The predicted octanol–water partition coefficient (Wildman–Crippen LogP) is 2.17. The monoisotopic (exact) mass is 309 g/mol. The number of rotatable bonds is 8. The Bertz CT molecular complexity index is 415. The molecule has 1 N–H and O–H groups in total. The molecule has 4 nitrogen and oxygen atoms in total. The summed E-state index contributed by atoms with van der Waals surface area (Å²) in [5, 5.41) is 5.58. The van der Waals surface area contributed by atoms with Gasteiger partial charge in [-0.25, -0.2) is 0 Å². The van der Waals surface area contributed by atoms with E-state index in [-0.39, 0.29) is 5.91 Å². The van der Waals surface area contributed by atoms with Crippen LogP contribution in [0.3, 0.4) is 0 Å². The minimum Gasteiger partial charge on any atom is -0.340 e. The fourth-order valence-electron chi connectivity index (χ4n) is 2.81. The second kappa shape index (κ2) is 8.51. The van der Waals surface area contributed by atoms with Crippen molar-refractivity contribution in [2.45, 2.75) is 38.8 Å². The van der Waals surface area contributed by atoms with Crippen molar-refractivity contribution in [1.82, 2.24) is 15.1 Å². The molecule has 2 heterocycles. The third kappa shape index (κ3) is 5.41. The van der Waals surface area contributed by atoms with Crippen LogP contribution >= 0.6 is 11.3 Å². The highest BCUT2D eigenvalue weighted by molar-refractivity contribution is 7.09. The second-order valence-electron chi connectivity index (χ2n) is 5.86. The lowest BCUT2D eigenvalue weighted by Gasteiger charge is -2.27. The van der Waals surface area contributed by atoms with E-state index < -0.39 is 0 Å². The van der Waals surface area contributed by atoms with Crippen molar-refractivity contribution in [2.75, 3.05) is 33.2 Å². The van der Waals surface area contributed by atoms with E-state index in [0.717, 1.165) is 32.6 Å². The van der Waals surface area contributed by atoms with Crippen LogP contribution in [0.1, 0.15) is 31.1 Å². The molecule has 5 heteroatoms. The first-order valence-electron chi connectivity index (χ1n) is 7.91. The molecule has 0 spiro atoms. The standard InChI is InChI=1S/C16H27N3OS/c1-3-9-19(11-14-6-4-8-17-14)13-16(20)18(2)12-15-7-5-10-21-15/h5,7,10,14,17H,3-4,6,8-9,11-13H2,1-2H3. The van der Waals surface area contributed by atoms with Crippen LogP contribution in [-0.2, 0) is 11.3 Å². The zero-order valence-corrected chi connectivity index (χ0v) is 14.0. The number of carbonyl (C=O) groups excluding carboxylic acids is 1. The summed E-state index contributed by atoms with van der Waals surface area (Å²) < 4.78 is 0. The van der Waals surface area contributed by atoms with Crippen LogP contribution in [0, 0.1) is 0 Å². The minimum atomic E-state index is 0.217. The van der Waals surface area contributed by atoms with Crippen LogP contribution in [-0.4, -0.2) is 55.0 Å². The van der Waals surface area contributed by atoms with E-state index in [1.54, 1.807) is 11.3 Å². The Kier molecular flexibility index (Phi) is 6.67. The molecule has 1 amide bonds. The van der Waals surface area contributed by atoms with E-state index in [0.29, 0.717) is 12.6 Å². The van der Waals surface area contributed by atoms with Crippen molar-refractivity contribution in [3.8, 4) is 0 Å². The van der Waals surface area contributed by atoms with Crippen molar-refractivity contribution < 1.29 is 4.79 Å². The number of thiophene rings is 1. The minimum absolute atomic E-state index is 0.217. The maximum Gasteiger partial charge on any atom is 0.236 e. The van der Waals surface area contributed by atoms with Gasteiger partial charge in [-0.2, -0.15) is 0 Å². The molecule has 21 heavy (non-hydrogen) atoms. The molecule has 118 valence electrons. The number of nitrogens with zero attached hydrogens (tertiary/aromatic N) is 2. The summed E-state index contributed by atoms with van der Waals surface area (Å²) >= 11 is 1.71. The van der Waals surface area contributed by atoms with Gasteiger partial charge in [-0.3, -0.25) is 9.69 Å². The topological polar surface area (TPSA) is 35.6 Å². The van der Waals surface area contributed by atoms with E-state index in [2.05, 4.69) is 28.6 Å². The van der Waals surface area contributed by atoms with Gasteiger partial charge in [0.25, 0.3) is 0 Å². The number of likely N-dealkylation sites (N-methyl/N-ethyl adjacent to an activating group) is 1. The molecule has 2 rings (SSSR count). The number of carbonyl (C=O) groups is 1. The van der Waals surface area contributed by atoms with Crippen molar-refractivity contribution in [3.05, 3.63) is 22.4 Å². The van der Waals surface area contributed by atoms with Crippen LogP contribution in [0.25, 0.3) is 0 Å². The maximum atomic E-state index is 12.4. The van der Waals surface area contributed by atoms with Crippen LogP contribution in [0.15, 0.2) is 17.5 Å². The molecule has 1 aromatic heterocycles. The molecule has 1 saturated heterocycles. The third-order valence-electron chi connectivity index (χ3n) is 3.94. The maximum absolute atomic E-state index is 12.4. The quantitative estimate of drug-likeness (QED) is 0.799. The van der Waals surface area contributed by atoms with Crippen LogP contribution in [0.5, 0.6) is 0 Å². The van der Waals surface area contributed by atoms with Gasteiger partial charge >= 0.3 is 0 Å². The molecule has 1 unspecified atom stereocenters. The molecule has 1 fully saturated rings. The number of amides is 1. The zero-order valence-electron chi connectivity index (χ0n) is 13.2. The lowest BCUT2D eigenvalue weighted by atomic mass is 10.2. The first kappa shape index (κ1) is 16.5. The van der Waals surface area contributed by atoms with Gasteiger partial charge < -0.3 is 10.2 Å². The van der Waals surface area contributed by atoms with Gasteiger partial charge in [0.2, 0.25) is 5.91 Å². The highest BCUT2D eigenvalue weighted by Gasteiger charge is 2.20. The largest absolute Gasteiger partial charge is 0.340 e. The normalized spacial score (nSPS) is 18.3. The van der Waals surface area contributed by atoms with Gasteiger partial charge in [0.05, 0.1) is 13.1 Å². The first-order valence-corrected chi connectivity index (χ1v) is 8.79. The molecule has 1 aliphatic rings. The second-order valence-corrected chi connectivity index (χ2v) is 6.89. The zero-order chi connectivity index (χ0) is 15.1. The molecule has 0 saturated carbocycles. The Labute approximate surface area is 132 Å². The Morgan fingerprint density at radius 3 is 3.00 bits per heavy atom. The molecule has 1 aromatic rings. The molecular formula is C16H27N3OS. The van der Waals surface area contributed by atoms with Gasteiger partial charge in [0.1, 0.15) is 0 Å². The smallest absolute Gasteiger partial charge is 0.236 e. The Morgan fingerprint density at radius 1 is 1.52 bits per heavy atom. The predicted molar refractivity (Wildman–Crippen MR) is 88.5 cm³/mol. The number of hydrogen-bond donors (Lipinski definition) is 1. The molecule has 0 radical (unpaired) electrons. The van der Waals surface area contributed by atoms with Crippen molar-refractivity contribution in [1.29, 1.82) is 0 Å². The fraction of sp³-hybridized carbons (Fsp3) is 0.688. The summed E-state index contributed by atoms with van der Waals surface area (Å²) in [6, 6.07) is 4.68. The van der Waals surface area contributed by atoms with E-state index in [1.807, 2.05) is 18.0 Å². The third-order valence-corrected chi connectivity index (χ3v) is 4.80. The molecule has 0 aliphatic carbocycles. The van der Waals surface area contributed by atoms with E-state index >= 15 is 0 Å². The van der Waals surface area contributed by atoms with Crippen molar-refractivity contribution >= 4 is 17.2 Å².